The number of esters is 1. The molecule has 0 bridgehead atoms. The van der Waals surface area contributed by atoms with Crippen LogP contribution in [0.1, 0.15) is 32.3 Å². The number of nitriles is 1. The predicted octanol–water partition coefficient (Wildman–Crippen LogP) is 2.84. The van der Waals surface area contributed by atoms with Gasteiger partial charge in [-0.3, -0.25) is 0 Å². The zero-order valence-electron chi connectivity index (χ0n) is 11.1. The van der Waals surface area contributed by atoms with E-state index in [9.17, 15) is 9.18 Å². The summed E-state index contributed by atoms with van der Waals surface area (Å²) < 4.78 is 18.2. The summed E-state index contributed by atoms with van der Waals surface area (Å²) >= 11 is 0. The van der Waals surface area contributed by atoms with Crippen LogP contribution < -0.4 is 5.32 Å². The first kappa shape index (κ1) is 15.0. The lowest BCUT2D eigenvalue weighted by Gasteiger charge is -2.17. The van der Waals surface area contributed by atoms with Crippen molar-refractivity contribution >= 4 is 11.7 Å². The Morgan fingerprint density at radius 1 is 1.53 bits per heavy atom. The van der Waals surface area contributed by atoms with Gasteiger partial charge in [-0.1, -0.05) is 13.3 Å². The number of nitrogens with zero attached hydrogens (tertiary/aromatic N) is 1. The Morgan fingerprint density at radius 2 is 2.26 bits per heavy atom. The van der Waals surface area contributed by atoms with E-state index in [1.165, 1.54) is 18.2 Å². The second-order valence-electron chi connectivity index (χ2n) is 4.04. The fourth-order valence-corrected chi connectivity index (χ4v) is 1.68. The number of carbonyl (C=O) groups is 1. The Labute approximate surface area is 112 Å². The summed E-state index contributed by atoms with van der Waals surface area (Å²) in [6, 6.07) is 5.37. The molecule has 1 aromatic carbocycles. The van der Waals surface area contributed by atoms with Crippen LogP contribution in [0.25, 0.3) is 0 Å². The molecule has 0 saturated carbocycles. The van der Waals surface area contributed by atoms with Crippen molar-refractivity contribution in [1.29, 1.82) is 5.26 Å². The van der Waals surface area contributed by atoms with Crippen LogP contribution in [0.3, 0.4) is 0 Å². The summed E-state index contributed by atoms with van der Waals surface area (Å²) in [5, 5.41) is 11.7. The molecule has 1 unspecified atom stereocenters. The zero-order chi connectivity index (χ0) is 14.3. The van der Waals surface area contributed by atoms with Crippen molar-refractivity contribution in [3.63, 3.8) is 0 Å². The number of nitrogens with one attached hydrogen (secondary N) is 1. The maximum absolute atomic E-state index is 13.2. The van der Waals surface area contributed by atoms with Gasteiger partial charge in [0.1, 0.15) is 17.9 Å². The molecule has 0 aliphatic heterocycles. The third kappa shape index (κ3) is 4.25. The molecule has 0 aliphatic rings. The SMILES string of the molecule is CCCC(Nc1ccc(F)c(C#N)c1)C(=O)OCC. The van der Waals surface area contributed by atoms with Gasteiger partial charge in [-0.15, -0.1) is 0 Å². The minimum absolute atomic E-state index is 0.0518. The number of anilines is 1. The number of hydrogen-bond donors (Lipinski definition) is 1. The standard InChI is InChI=1S/C14H17FN2O2/c1-3-5-13(14(18)19-4-2)17-11-6-7-12(15)10(8-11)9-16/h6-8,13,17H,3-5H2,1-2H3. The van der Waals surface area contributed by atoms with E-state index in [1.54, 1.807) is 13.0 Å². The van der Waals surface area contributed by atoms with Crippen LogP contribution in [-0.4, -0.2) is 18.6 Å². The van der Waals surface area contributed by atoms with Gasteiger partial charge in [0.05, 0.1) is 12.2 Å². The van der Waals surface area contributed by atoms with Crippen molar-refractivity contribution in [2.75, 3.05) is 11.9 Å². The van der Waals surface area contributed by atoms with Gasteiger partial charge in [-0.2, -0.15) is 5.26 Å². The van der Waals surface area contributed by atoms with E-state index in [-0.39, 0.29) is 11.5 Å². The molecule has 0 spiro atoms. The molecular formula is C14H17FN2O2. The van der Waals surface area contributed by atoms with E-state index in [4.69, 9.17) is 10.00 Å². The van der Waals surface area contributed by atoms with Crippen LogP contribution in [0.15, 0.2) is 18.2 Å². The smallest absolute Gasteiger partial charge is 0.328 e. The molecule has 0 aliphatic carbocycles. The summed E-state index contributed by atoms with van der Waals surface area (Å²) in [6.07, 6.45) is 1.42. The molecule has 0 amide bonds. The molecule has 102 valence electrons. The first-order chi connectivity index (χ1) is 9.12. The third-order valence-corrected chi connectivity index (χ3v) is 2.58. The predicted molar refractivity (Wildman–Crippen MR) is 70.1 cm³/mol. The fourth-order valence-electron chi connectivity index (χ4n) is 1.68. The monoisotopic (exact) mass is 264 g/mol. The van der Waals surface area contributed by atoms with Crippen LogP contribution in [-0.2, 0) is 9.53 Å². The van der Waals surface area contributed by atoms with Gasteiger partial charge in [0.2, 0.25) is 0 Å². The van der Waals surface area contributed by atoms with E-state index < -0.39 is 11.9 Å². The third-order valence-electron chi connectivity index (χ3n) is 2.58. The first-order valence-corrected chi connectivity index (χ1v) is 6.25. The molecule has 1 atom stereocenters. The minimum atomic E-state index is -0.573. The molecule has 1 aromatic rings. The van der Waals surface area contributed by atoms with Gasteiger partial charge in [-0.05, 0) is 31.5 Å². The maximum Gasteiger partial charge on any atom is 0.328 e. The highest BCUT2D eigenvalue weighted by Gasteiger charge is 2.18. The van der Waals surface area contributed by atoms with Crippen molar-refractivity contribution in [2.45, 2.75) is 32.7 Å². The molecule has 0 fully saturated rings. The number of ether oxygens (including phenoxy) is 1. The summed E-state index contributed by atoms with van der Waals surface area (Å²) in [5.41, 5.74) is 0.480. The average molecular weight is 264 g/mol. The van der Waals surface area contributed by atoms with Crippen molar-refractivity contribution in [3.8, 4) is 6.07 Å². The number of rotatable bonds is 6. The lowest BCUT2D eigenvalue weighted by Crippen LogP contribution is -2.31. The highest BCUT2D eigenvalue weighted by molar-refractivity contribution is 5.79. The first-order valence-electron chi connectivity index (χ1n) is 6.25. The average Bonchev–Trinajstić information content (AvgIpc) is 2.40. The Kier molecular flexibility index (Phi) is 5.80. The highest BCUT2D eigenvalue weighted by atomic mass is 19.1. The number of carbonyl (C=O) groups excluding carboxylic acids is 1. The second-order valence-corrected chi connectivity index (χ2v) is 4.04. The molecular weight excluding hydrogens is 247 g/mol. The van der Waals surface area contributed by atoms with Crippen molar-refractivity contribution in [1.82, 2.24) is 0 Å². The molecule has 1 rings (SSSR count). The van der Waals surface area contributed by atoms with Crippen LogP contribution in [0.2, 0.25) is 0 Å². The van der Waals surface area contributed by atoms with E-state index in [2.05, 4.69) is 5.32 Å². The number of halogens is 1. The Hall–Kier alpha value is -2.09. The summed E-state index contributed by atoms with van der Waals surface area (Å²) in [6.45, 7) is 4.01. The Balaban J connectivity index is 2.84. The van der Waals surface area contributed by atoms with Gasteiger partial charge >= 0.3 is 5.97 Å². The van der Waals surface area contributed by atoms with E-state index in [1.807, 2.05) is 6.92 Å². The summed E-state index contributed by atoms with van der Waals surface area (Å²) in [4.78, 5) is 11.7. The molecule has 0 saturated heterocycles. The van der Waals surface area contributed by atoms with Gasteiger partial charge in [0.15, 0.2) is 0 Å². The van der Waals surface area contributed by atoms with E-state index in [0.29, 0.717) is 18.7 Å². The quantitative estimate of drug-likeness (QED) is 0.802. The van der Waals surface area contributed by atoms with Crippen LogP contribution >= 0.6 is 0 Å². The topological polar surface area (TPSA) is 62.1 Å². The second kappa shape index (κ2) is 7.37. The molecule has 19 heavy (non-hydrogen) atoms. The largest absolute Gasteiger partial charge is 0.464 e. The van der Waals surface area contributed by atoms with E-state index in [0.717, 1.165) is 6.42 Å². The highest BCUT2D eigenvalue weighted by Crippen LogP contribution is 2.16. The Bertz CT molecular complexity index is 483. The summed E-state index contributed by atoms with van der Waals surface area (Å²) in [5.74, 6) is -0.914. The minimum Gasteiger partial charge on any atom is -0.464 e. The summed E-state index contributed by atoms with van der Waals surface area (Å²) in [7, 11) is 0. The van der Waals surface area contributed by atoms with Crippen LogP contribution in [0.4, 0.5) is 10.1 Å². The maximum atomic E-state index is 13.2. The lowest BCUT2D eigenvalue weighted by molar-refractivity contribution is -0.144. The van der Waals surface area contributed by atoms with Crippen molar-refractivity contribution in [2.24, 2.45) is 0 Å². The zero-order valence-corrected chi connectivity index (χ0v) is 11.1. The van der Waals surface area contributed by atoms with Gasteiger partial charge in [0, 0.05) is 5.69 Å². The van der Waals surface area contributed by atoms with Crippen LogP contribution in [0, 0.1) is 17.1 Å². The number of hydrogen-bond acceptors (Lipinski definition) is 4. The molecule has 5 heteroatoms. The van der Waals surface area contributed by atoms with Gasteiger partial charge in [0.25, 0.3) is 0 Å². The Morgan fingerprint density at radius 3 is 2.84 bits per heavy atom. The van der Waals surface area contributed by atoms with Gasteiger partial charge in [-0.25, -0.2) is 9.18 Å². The van der Waals surface area contributed by atoms with E-state index >= 15 is 0 Å². The van der Waals surface area contributed by atoms with Gasteiger partial charge < -0.3 is 10.1 Å². The normalized spacial score (nSPS) is 11.5. The molecule has 0 aromatic heterocycles. The lowest BCUT2D eigenvalue weighted by atomic mass is 10.1. The van der Waals surface area contributed by atoms with Crippen molar-refractivity contribution < 1.29 is 13.9 Å². The molecule has 0 heterocycles. The van der Waals surface area contributed by atoms with Crippen LogP contribution in [0.5, 0.6) is 0 Å². The number of benzene rings is 1. The van der Waals surface area contributed by atoms with Crippen molar-refractivity contribution in [3.05, 3.63) is 29.6 Å². The fraction of sp³-hybridized carbons (Fsp3) is 0.429. The molecule has 4 nitrogen and oxygen atoms in total. The molecule has 0 radical (unpaired) electrons. The molecule has 1 N–H and O–H groups in total.